The summed E-state index contributed by atoms with van der Waals surface area (Å²) in [5, 5.41) is 3.85. The fourth-order valence-corrected chi connectivity index (χ4v) is 6.89. The maximum atomic E-state index is 14.1. The Morgan fingerprint density at radius 1 is 0.976 bits per heavy atom. The second-order valence-corrected chi connectivity index (χ2v) is 13.0. The monoisotopic (exact) mass is 631 g/mol. The second-order valence-electron chi connectivity index (χ2n) is 10.3. The number of amides is 2. The Bertz CT molecular complexity index is 1500. The van der Waals surface area contributed by atoms with E-state index in [2.05, 4.69) is 5.32 Å². The Morgan fingerprint density at radius 2 is 1.69 bits per heavy atom. The number of ether oxygens (including phenoxy) is 1. The zero-order valence-electron chi connectivity index (χ0n) is 23.6. The Hall–Kier alpha value is -3.27. The van der Waals surface area contributed by atoms with E-state index in [9.17, 15) is 18.0 Å². The largest absolute Gasteiger partial charge is 0.497 e. The molecule has 0 bridgehead atoms. The molecule has 8 nitrogen and oxygen atoms in total. The Balaban J connectivity index is 1.70. The highest BCUT2D eigenvalue weighted by molar-refractivity contribution is 7.92. The summed E-state index contributed by atoms with van der Waals surface area (Å²) in [5.41, 5.74) is 0.820. The van der Waals surface area contributed by atoms with E-state index in [0.717, 1.165) is 36.4 Å². The van der Waals surface area contributed by atoms with Gasteiger partial charge in [-0.25, -0.2) is 8.42 Å². The topological polar surface area (TPSA) is 96.0 Å². The van der Waals surface area contributed by atoms with Gasteiger partial charge in [-0.3, -0.25) is 13.9 Å². The maximum Gasteiger partial charge on any atom is 0.264 e. The van der Waals surface area contributed by atoms with E-state index in [4.69, 9.17) is 27.9 Å². The average Bonchev–Trinajstić information content (AvgIpc) is 3.00. The SMILES string of the molecule is COc1cccc(N(CC(=O)N(Cc2ccc(Cl)cc2Cl)[C@H](C)C(=O)NC2CCCCC2)S(=O)(=O)c2ccccc2)c1. The van der Waals surface area contributed by atoms with E-state index in [1.165, 1.54) is 24.1 Å². The molecule has 3 aromatic carbocycles. The van der Waals surface area contributed by atoms with Crippen LogP contribution in [0, 0.1) is 0 Å². The average molecular weight is 633 g/mol. The van der Waals surface area contributed by atoms with Gasteiger partial charge in [-0.05, 0) is 61.7 Å². The van der Waals surface area contributed by atoms with Crippen LogP contribution < -0.4 is 14.4 Å². The number of methoxy groups -OCH3 is 1. The van der Waals surface area contributed by atoms with Crippen LogP contribution in [0.3, 0.4) is 0 Å². The minimum atomic E-state index is -4.18. The molecular weight excluding hydrogens is 597 g/mol. The normalized spacial score (nSPS) is 14.6. The number of anilines is 1. The van der Waals surface area contributed by atoms with Crippen LogP contribution in [0.1, 0.15) is 44.6 Å². The molecule has 1 saturated carbocycles. The third-order valence-electron chi connectivity index (χ3n) is 7.43. The van der Waals surface area contributed by atoms with Crippen LogP contribution in [0.15, 0.2) is 77.7 Å². The lowest BCUT2D eigenvalue weighted by molar-refractivity contribution is -0.139. The van der Waals surface area contributed by atoms with Crippen molar-refractivity contribution in [2.45, 2.75) is 62.6 Å². The van der Waals surface area contributed by atoms with Crippen LogP contribution in [0.25, 0.3) is 0 Å². The second kappa shape index (κ2) is 14.3. The maximum absolute atomic E-state index is 14.1. The number of nitrogens with one attached hydrogen (secondary N) is 1. The summed E-state index contributed by atoms with van der Waals surface area (Å²) in [6, 6.07) is 18.4. The van der Waals surface area contributed by atoms with E-state index in [0.29, 0.717) is 21.4 Å². The highest BCUT2D eigenvalue weighted by atomic mass is 35.5. The lowest BCUT2D eigenvalue weighted by Crippen LogP contribution is -2.53. The molecule has 224 valence electrons. The summed E-state index contributed by atoms with van der Waals surface area (Å²) in [6.45, 7) is 1.06. The summed E-state index contributed by atoms with van der Waals surface area (Å²) in [6.07, 6.45) is 4.98. The molecule has 11 heteroatoms. The quantitative estimate of drug-likeness (QED) is 0.277. The van der Waals surface area contributed by atoms with Gasteiger partial charge in [-0.15, -0.1) is 0 Å². The molecule has 0 saturated heterocycles. The molecule has 1 aliphatic rings. The summed E-state index contributed by atoms with van der Waals surface area (Å²) >= 11 is 12.6. The van der Waals surface area contributed by atoms with Gasteiger partial charge in [0.1, 0.15) is 18.3 Å². The van der Waals surface area contributed by atoms with Gasteiger partial charge in [0, 0.05) is 28.7 Å². The minimum Gasteiger partial charge on any atom is -0.497 e. The molecule has 1 fully saturated rings. The molecule has 4 rings (SSSR count). The van der Waals surface area contributed by atoms with Crippen molar-refractivity contribution in [3.05, 3.63) is 88.4 Å². The molecule has 0 radical (unpaired) electrons. The number of carbonyl (C=O) groups excluding carboxylic acids is 2. The number of hydrogen-bond acceptors (Lipinski definition) is 5. The highest BCUT2D eigenvalue weighted by Crippen LogP contribution is 2.28. The lowest BCUT2D eigenvalue weighted by Gasteiger charge is -2.33. The minimum absolute atomic E-state index is 0.0224. The van der Waals surface area contributed by atoms with Crippen LogP contribution in [-0.2, 0) is 26.2 Å². The van der Waals surface area contributed by atoms with Crippen LogP contribution in [0.2, 0.25) is 10.0 Å². The van der Waals surface area contributed by atoms with Crippen molar-refractivity contribution in [2.24, 2.45) is 0 Å². The van der Waals surface area contributed by atoms with E-state index in [-0.39, 0.29) is 29.1 Å². The Labute approximate surface area is 257 Å². The van der Waals surface area contributed by atoms with Crippen LogP contribution in [-0.4, -0.2) is 50.9 Å². The number of sulfonamides is 1. The molecule has 1 N–H and O–H groups in total. The fraction of sp³-hybridized carbons (Fsp3) is 0.355. The van der Waals surface area contributed by atoms with Gasteiger partial charge in [0.05, 0.1) is 17.7 Å². The van der Waals surface area contributed by atoms with E-state index < -0.39 is 28.5 Å². The van der Waals surface area contributed by atoms with Crippen molar-refractivity contribution in [3.63, 3.8) is 0 Å². The van der Waals surface area contributed by atoms with Gasteiger partial charge in [0.2, 0.25) is 11.8 Å². The predicted octanol–water partition coefficient (Wildman–Crippen LogP) is 6.06. The van der Waals surface area contributed by atoms with Gasteiger partial charge in [0.15, 0.2) is 0 Å². The van der Waals surface area contributed by atoms with Crippen molar-refractivity contribution >= 4 is 50.7 Å². The van der Waals surface area contributed by atoms with Crippen LogP contribution in [0.5, 0.6) is 5.75 Å². The molecule has 42 heavy (non-hydrogen) atoms. The third-order valence-corrected chi connectivity index (χ3v) is 9.80. The molecule has 0 spiro atoms. The lowest BCUT2D eigenvalue weighted by atomic mass is 9.95. The first-order chi connectivity index (χ1) is 20.1. The van der Waals surface area contributed by atoms with Gasteiger partial charge in [-0.2, -0.15) is 0 Å². The van der Waals surface area contributed by atoms with Gasteiger partial charge >= 0.3 is 0 Å². The fourth-order valence-electron chi connectivity index (χ4n) is 5.00. The number of halogens is 2. The van der Waals surface area contributed by atoms with Crippen LogP contribution >= 0.6 is 23.2 Å². The van der Waals surface area contributed by atoms with Gasteiger partial charge < -0.3 is 15.0 Å². The number of benzene rings is 3. The van der Waals surface area contributed by atoms with Crippen molar-refractivity contribution in [2.75, 3.05) is 18.0 Å². The molecule has 0 heterocycles. The molecule has 1 atom stereocenters. The number of rotatable bonds is 11. The van der Waals surface area contributed by atoms with Crippen molar-refractivity contribution in [1.82, 2.24) is 10.2 Å². The number of nitrogens with zero attached hydrogens (tertiary/aromatic N) is 2. The standard InChI is InChI=1S/C31H35Cl2N3O5S/c1-22(31(38)34-25-10-5-3-6-11-25)35(20-23-16-17-24(32)18-29(23)33)30(37)21-36(26-12-9-13-27(19-26)41-2)42(39,40)28-14-7-4-8-15-28/h4,7-9,12-19,22,25H,3,5-6,10-11,20-21H2,1-2H3,(H,34,38)/t22-/m1/s1. The number of carbonyl (C=O) groups is 2. The van der Waals surface area contributed by atoms with Gasteiger partial charge in [-0.1, -0.05) is 72.8 Å². The Kier molecular flexibility index (Phi) is 10.8. The molecule has 1 aliphatic carbocycles. The highest BCUT2D eigenvalue weighted by Gasteiger charge is 2.33. The molecule has 0 aromatic heterocycles. The van der Waals surface area contributed by atoms with Crippen molar-refractivity contribution in [1.29, 1.82) is 0 Å². The molecule has 0 aliphatic heterocycles. The molecular formula is C31H35Cl2N3O5S. The number of hydrogen-bond donors (Lipinski definition) is 1. The zero-order chi connectivity index (χ0) is 30.3. The molecule has 3 aromatic rings. The summed E-state index contributed by atoms with van der Waals surface area (Å²) in [5.74, 6) is -0.452. The smallest absolute Gasteiger partial charge is 0.264 e. The zero-order valence-corrected chi connectivity index (χ0v) is 26.0. The van der Waals surface area contributed by atoms with Crippen molar-refractivity contribution in [3.8, 4) is 5.75 Å². The molecule has 2 amide bonds. The van der Waals surface area contributed by atoms with Crippen LogP contribution in [0.4, 0.5) is 5.69 Å². The first-order valence-electron chi connectivity index (χ1n) is 13.9. The summed E-state index contributed by atoms with van der Waals surface area (Å²) in [7, 11) is -2.70. The van der Waals surface area contributed by atoms with E-state index in [1.807, 2.05) is 0 Å². The van der Waals surface area contributed by atoms with E-state index in [1.54, 1.807) is 67.6 Å². The Morgan fingerprint density at radius 3 is 2.36 bits per heavy atom. The summed E-state index contributed by atoms with van der Waals surface area (Å²) < 4.78 is 34.2. The van der Waals surface area contributed by atoms with Crippen molar-refractivity contribution < 1.29 is 22.7 Å². The predicted molar refractivity (Wildman–Crippen MR) is 165 cm³/mol. The third kappa shape index (κ3) is 7.76. The summed E-state index contributed by atoms with van der Waals surface area (Å²) in [4.78, 5) is 28.9. The van der Waals surface area contributed by atoms with Gasteiger partial charge in [0.25, 0.3) is 10.0 Å². The molecule has 0 unspecified atom stereocenters. The van der Waals surface area contributed by atoms with E-state index >= 15 is 0 Å². The first-order valence-corrected chi connectivity index (χ1v) is 16.1. The first kappa shape index (κ1) is 31.7.